The molecule has 3 N–H and O–H groups in total. The quantitative estimate of drug-likeness (QED) is 0.668. The fourth-order valence-electron chi connectivity index (χ4n) is 1.37. The lowest BCUT2D eigenvalue weighted by molar-refractivity contribution is 0.185. The van der Waals surface area contributed by atoms with Crippen molar-refractivity contribution in [2.24, 2.45) is 0 Å². The molecule has 0 atom stereocenters. The average Bonchev–Trinajstić information content (AvgIpc) is 2.36. The van der Waals surface area contributed by atoms with E-state index < -0.39 is 29.3 Å². The molecule has 0 saturated carbocycles. The van der Waals surface area contributed by atoms with Gasteiger partial charge in [0.25, 0.3) is 0 Å². The van der Waals surface area contributed by atoms with Crippen LogP contribution in [0.3, 0.4) is 0 Å². The fraction of sp³-hybridized carbons (Fsp3) is 0.364. The van der Waals surface area contributed by atoms with E-state index in [9.17, 15) is 8.42 Å². The molecule has 1 aromatic rings. The Labute approximate surface area is 106 Å². The third-order valence-corrected chi connectivity index (χ3v) is 4.03. The lowest BCUT2D eigenvalue weighted by atomic mass is 10.2. The van der Waals surface area contributed by atoms with Crippen molar-refractivity contribution < 1.29 is 18.6 Å². The zero-order valence-electron chi connectivity index (χ0n) is 9.79. The third kappa shape index (κ3) is 3.27. The number of sulfonamides is 1. The Morgan fingerprint density at radius 2 is 2.00 bits per heavy atom. The molecule has 0 spiro atoms. The molecule has 0 amide bonds. The number of aliphatic hydroxyl groups is 2. The van der Waals surface area contributed by atoms with Crippen LogP contribution in [0.5, 0.6) is 0 Å². The maximum Gasteiger partial charge on any atom is 0.241 e. The van der Waals surface area contributed by atoms with Crippen LogP contribution in [0.15, 0.2) is 23.1 Å². The van der Waals surface area contributed by atoms with Gasteiger partial charge < -0.3 is 10.2 Å². The first kappa shape index (κ1) is 14.6. The zero-order valence-corrected chi connectivity index (χ0v) is 10.6. The first-order valence-corrected chi connectivity index (χ1v) is 6.67. The van der Waals surface area contributed by atoms with E-state index in [0.29, 0.717) is 5.56 Å². The van der Waals surface area contributed by atoms with Crippen molar-refractivity contribution in [3.63, 3.8) is 0 Å². The minimum Gasteiger partial charge on any atom is -0.395 e. The third-order valence-electron chi connectivity index (χ3n) is 2.37. The Balaban J connectivity index is 3.16. The molecule has 0 radical (unpaired) electrons. The molecule has 0 aromatic heterocycles. The number of nitriles is 1. The number of aryl methyl sites for hydroxylation is 1. The highest BCUT2D eigenvalue weighted by molar-refractivity contribution is 7.89. The van der Waals surface area contributed by atoms with E-state index in [4.69, 9.17) is 15.5 Å². The topological polar surface area (TPSA) is 110 Å². The zero-order chi connectivity index (χ0) is 13.8. The van der Waals surface area contributed by atoms with Crippen molar-refractivity contribution in [2.75, 3.05) is 13.2 Å². The smallest absolute Gasteiger partial charge is 0.241 e. The van der Waals surface area contributed by atoms with Gasteiger partial charge in [0.15, 0.2) is 0 Å². The second-order valence-electron chi connectivity index (χ2n) is 3.78. The van der Waals surface area contributed by atoms with Crippen LogP contribution < -0.4 is 4.72 Å². The lowest BCUT2D eigenvalue weighted by Crippen LogP contribution is -2.40. The largest absolute Gasteiger partial charge is 0.395 e. The van der Waals surface area contributed by atoms with Crippen LogP contribution >= 0.6 is 0 Å². The summed E-state index contributed by atoms with van der Waals surface area (Å²) in [5.74, 6) is 0. The Hall–Kier alpha value is -1.46. The summed E-state index contributed by atoms with van der Waals surface area (Å²) in [5, 5.41) is 26.5. The van der Waals surface area contributed by atoms with E-state index in [1.54, 1.807) is 6.92 Å². The van der Waals surface area contributed by atoms with Gasteiger partial charge in [-0.05, 0) is 24.6 Å². The molecule has 0 aliphatic rings. The number of nitrogens with zero attached hydrogens (tertiary/aromatic N) is 1. The van der Waals surface area contributed by atoms with E-state index in [1.807, 2.05) is 6.07 Å². The molecule has 1 aromatic carbocycles. The normalized spacial score (nSPS) is 11.5. The minimum atomic E-state index is -3.87. The second-order valence-corrected chi connectivity index (χ2v) is 5.46. The van der Waals surface area contributed by atoms with E-state index in [-0.39, 0.29) is 10.5 Å². The summed E-state index contributed by atoms with van der Waals surface area (Å²) < 4.78 is 26.2. The van der Waals surface area contributed by atoms with E-state index >= 15 is 0 Å². The summed E-state index contributed by atoms with van der Waals surface area (Å²) in [4.78, 5) is -0.0338. The Kier molecular flexibility index (Phi) is 4.81. The van der Waals surface area contributed by atoms with Gasteiger partial charge in [0, 0.05) is 0 Å². The van der Waals surface area contributed by atoms with E-state index in [1.165, 1.54) is 18.2 Å². The van der Waals surface area contributed by atoms with E-state index in [2.05, 4.69) is 4.72 Å². The van der Waals surface area contributed by atoms with Gasteiger partial charge in [-0.25, -0.2) is 13.1 Å². The maximum absolute atomic E-state index is 12.0. The molecular formula is C11H14N2O4S. The molecule has 0 fully saturated rings. The predicted octanol–water partition coefficient (Wildman–Crippen LogP) is -0.502. The molecule has 0 saturated heterocycles. The summed E-state index contributed by atoms with van der Waals surface area (Å²) in [6.45, 7) is 0.585. The van der Waals surface area contributed by atoms with Crippen LogP contribution in [0.1, 0.15) is 11.1 Å². The van der Waals surface area contributed by atoms with Gasteiger partial charge in [-0.15, -0.1) is 0 Å². The van der Waals surface area contributed by atoms with Crippen molar-refractivity contribution in [2.45, 2.75) is 17.9 Å². The minimum absolute atomic E-state index is 0.0338. The number of aliphatic hydroxyl groups excluding tert-OH is 2. The first-order valence-electron chi connectivity index (χ1n) is 5.19. The van der Waals surface area contributed by atoms with Crippen LogP contribution in [0, 0.1) is 18.3 Å². The number of benzene rings is 1. The van der Waals surface area contributed by atoms with Crippen LogP contribution in [-0.4, -0.2) is 37.9 Å². The lowest BCUT2D eigenvalue weighted by Gasteiger charge is -2.15. The van der Waals surface area contributed by atoms with Crippen LogP contribution in [0.2, 0.25) is 0 Å². The molecule has 7 heteroatoms. The molecule has 0 bridgehead atoms. The summed E-state index contributed by atoms with van der Waals surface area (Å²) in [6, 6.07) is 5.20. The summed E-state index contributed by atoms with van der Waals surface area (Å²) in [5.41, 5.74) is 0.710. The van der Waals surface area contributed by atoms with Gasteiger partial charge in [-0.2, -0.15) is 5.26 Å². The molecule has 18 heavy (non-hydrogen) atoms. The number of nitrogens with one attached hydrogen (secondary N) is 1. The van der Waals surface area contributed by atoms with Gasteiger partial charge in [-0.1, -0.05) is 6.07 Å². The SMILES string of the molecule is Cc1ccc(C#N)cc1S(=O)(=O)NC(CO)CO. The van der Waals surface area contributed by atoms with Crippen molar-refractivity contribution >= 4 is 10.0 Å². The van der Waals surface area contributed by atoms with Crippen molar-refractivity contribution in [1.82, 2.24) is 4.72 Å². The Morgan fingerprint density at radius 1 is 1.39 bits per heavy atom. The molecule has 0 unspecified atom stereocenters. The molecule has 98 valence electrons. The Morgan fingerprint density at radius 3 is 2.50 bits per heavy atom. The highest BCUT2D eigenvalue weighted by Gasteiger charge is 2.21. The maximum atomic E-state index is 12.0. The summed E-state index contributed by atoms with van der Waals surface area (Å²) in [7, 11) is -3.87. The van der Waals surface area contributed by atoms with E-state index in [0.717, 1.165) is 0 Å². The standard InChI is InChI=1S/C11H14N2O4S/c1-8-2-3-9(5-12)4-11(8)18(16,17)13-10(6-14)7-15/h2-4,10,13-15H,6-7H2,1H3. The highest BCUT2D eigenvalue weighted by atomic mass is 32.2. The van der Waals surface area contributed by atoms with Crippen molar-refractivity contribution in [3.05, 3.63) is 29.3 Å². The summed E-state index contributed by atoms with van der Waals surface area (Å²) in [6.07, 6.45) is 0. The molecular weight excluding hydrogens is 256 g/mol. The van der Waals surface area contributed by atoms with Crippen LogP contribution in [-0.2, 0) is 10.0 Å². The molecule has 1 rings (SSSR count). The van der Waals surface area contributed by atoms with Gasteiger partial charge in [-0.3, -0.25) is 0 Å². The molecule has 0 aliphatic heterocycles. The van der Waals surface area contributed by atoms with Gasteiger partial charge >= 0.3 is 0 Å². The second kappa shape index (κ2) is 5.93. The van der Waals surface area contributed by atoms with Crippen molar-refractivity contribution in [3.8, 4) is 6.07 Å². The Bertz CT molecular complexity index is 559. The molecule has 6 nitrogen and oxygen atoms in total. The highest BCUT2D eigenvalue weighted by Crippen LogP contribution is 2.16. The summed E-state index contributed by atoms with van der Waals surface area (Å²) >= 11 is 0. The monoisotopic (exact) mass is 270 g/mol. The van der Waals surface area contributed by atoms with Gasteiger partial charge in [0.2, 0.25) is 10.0 Å². The molecule has 0 heterocycles. The average molecular weight is 270 g/mol. The predicted molar refractivity (Wildman–Crippen MR) is 64.2 cm³/mol. The van der Waals surface area contributed by atoms with Crippen LogP contribution in [0.4, 0.5) is 0 Å². The fourth-order valence-corrected chi connectivity index (χ4v) is 2.86. The number of rotatable bonds is 5. The van der Waals surface area contributed by atoms with Gasteiger partial charge in [0.05, 0.1) is 35.8 Å². The molecule has 0 aliphatic carbocycles. The number of hydrogen-bond donors (Lipinski definition) is 3. The first-order chi connectivity index (χ1) is 8.44. The number of hydrogen-bond acceptors (Lipinski definition) is 5. The van der Waals surface area contributed by atoms with Crippen LogP contribution in [0.25, 0.3) is 0 Å². The van der Waals surface area contributed by atoms with Crippen molar-refractivity contribution in [1.29, 1.82) is 5.26 Å². The van der Waals surface area contributed by atoms with Gasteiger partial charge in [0.1, 0.15) is 0 Å².